The molecular weight excluding hydrogens is 257 g/mol. The van der Waals surface area contributed by atoms with Gasteiger partial charge in [-0.1, -0.05) is 0 Å². The molecular formula is C13H21F3N2O. The van der Waals surface area contributed by atoms with Crippen LogP contribution in [0.25, 0.3) is 0 Å². The number of likely N-dealkylation sites (tertiary alicyclic amines) is 1. The highest BCUT2D eigenvalue weighted by atomic mass is 19.4. The maximum atomic E-state index is 12.6. The smallest absolute Gasteiger partial charge is 0.342 e. The summed E-state index contributed by atoms with van der Waals surface area (Å²) in [6, 6.07) is 0.157. The van der Waals surface area contributed by atoms with Gasteiger partial charge in [-0.05, 0) is 38.5 Å². The molecule has 1 heterocycles. The van der Waals surface area contributed by atoms with E-state index in [-0.39, 0.29) is 30.7 Å². The molecule has 1 saturated heterocycles. The molecule has 0 atom stereocenters. The Hall–Kier alpha value is -0.780. The van der Waals surface area contributed by atoms with Crippen LogP contribution in [0.3, 0.4) is 0 Å². The molecule has 19 heavy (non-hydrogen) atoms. The summed E-state index contributed by atoms with van der Waals surface area (Å²) in [5, 5.41) is 0. The number of amides is 1. The van der Waals surface area contributed by atoms with Crippen LogP contribution in [0.5, 0.6) is 0 Å². The van der Waals surface area contributed by atoms with Crippen LogP contribution in [0.4, 0.5) is 13.2 Å². The minimum absolute atomic E-state index is 0.0347. The quantitative estimate of drug-likeness (QED) is 0.800. The van der Waals surface area contributed by atoms with Crippen LogP contribution in [0.1, 0.15) is 38.5 Å². The fourth-order valence-electron chi connectivity index (χ4n) is 3.05. The van der Waals surface area contributed by atoms with Crippen LogP contribution in [0.2, 0.25) is 0 Å². The van der Waals surface area contributed by atoms with Crippen LogP contribution in [0.15, 0.2) is 0 Å². The molecule has 0 bridgehead atoms. The van der Waals surface area contributed by atoms with Crippen molar-refractivity contribution in [1.29, 1.82) is 0 Å². The number of carbonyl (C=O) groups is 1. The molecule has 2 rings (SSSR count). The van der Waals surface area contributed by atoms with Crippen LogP contribution in [0, 0.1) is 11.8 Å². The highest BCUT2D eigenvalue weighted by Gasteiger charge is 2.43. The van der Waals surface area contributed by atoms with Crippen molar-refractivity contribution in [3.05, 3.63) is 0 Å². The fourth-order valence-corrected chi connectivity index (χ4v) is 3.05. The number of hydrogen-bond acceptors (Lipinski definition) is 2. The van der Waals surface area contributed by atoms with Gasteiger partial charge in [-0.2, -0.15) is 13.2 Å². The zero-order chi connectivity index (χ0) is 14.0. The number of alkyl halides is 3. The average molecular weight is 278 g/mol. The average Bonchev–Trinajstić information content (AvgIpc) is 2.38. The first-order valence-electron chi connectivity index (χ1n) is 6.99. The fraction of sp³-hybridized carbons (Fsp3) is 0.923. The molecule has 2 fully saturated rings. The van der Waals surface area contributed by atoms with Crippen molar-refractivity contribution >= 4 is 5.91 Å². The Bertz CT molecular complexity index is 316. The Morgan fingerprint density at radius 2 is 1.53 bits per heavy atom. The van der Waals surface area contributed by atoms with Crippen molar-refractivity contribution in [2.45, 2.75) is 50.7 Å². The molecule has 0 spiro atoms. The number of halogens is 3. The molecule has 1 amide bonds. The van der Waals surface area contributed by atoms with Gasteiger partial charge in [0.05, 0.1) is 5.92 Å². The van der Waals surface area contributed by atoms with Gasteiger partial charge >= 0.3 is 6.18 Å². The summed E-state index contributed by atoms with van der Waals surface area (Å²) in [6.07, 6.45) is -1.60. The second-order valence-electron chi connectivity index (χ2n) is 5.75. The van der Waals surface area contributed by atoms with E-state index in [0.717, 1.165) is 12.8 Å². The first kappa shape index (κ1) is 14.6. The highest BCUT2D eigenvalue weighted by Crippen LogP contribution is 2.40. The number of nitrogens with zero attached hydrogens (tertiary/aromatic N) is 1. The molecule has 2 N–H and O–H groups in total. The first-order valence-corrected chi connectivity index (χ1v) is 6.99. The van der Waals surface area contributed by atoms with Gasteiger partial charge in [0.25, 0.3) is 0 Å². The normalized spacial score (nSPS) is 30.4. The summed E-state index contributed by atoms with van der Waals surface area (Å²) in [5.74, 6) is -1.40. The van der Waals surface area contributed by atoms with Gasteiger partial charge in [0, 0.05) is 25.0 Å². The number of piperidine rings is 1. The number of carbonyl (C=O) groups excluding carboxylic acids is 1. The Kier molecular flexibility index (Phi) is 4.38. The summed E-state index contributed by atoms with van der Waals surface area (Å²) in [6.45, 7) is 1.30. The van der Waals surface area contributed by atoms with Crippen LogP contribution < -0.4 is 5.73 Å². The van der Waals surface area contributed by atoms with Crippen LogP contribution in [-0.4, -0.2) is 36.1 Å². The lowest BCUT2D eigenvalue weighted by Crippen LogP contribution is -2.46. The Labute approximate surface area is 111 Å². The third kappa shape index (κ3) is 3.61. The van der Waals surface area contributed by atoms with E-state index < -0.39 is 12.1 Å². The van der Waals surface area contributed by atoms with Gasteiger partial charge in [0.1, 0.15) is 0 Å². The second kappa shape index (κ2) is 5.69. The van der Waals surface area contributed by atoms with Crippen LogP contribution >= 0.6 is 0 Å². The third-order valence-electron chi connectivity index (χ3n) is 4.39. The zero-order valence-corrected chi connectivity index (χ0v) is 11.0. The molecule has 0 aromatic rings. The second-order valence-corrected chi connectivity index (χ2v) is 5.75. The van der Waals surface area contributed by atoms with Crippen molar-refractivity contribution in [1.82, 2.24) is 4.90 Å². The molecule has 2 aliphatic rings. The Morgan fingerprint density at radius 1 is 1.00 bits per heavy atom. The predicted molar refractivity (Wildman–Crippen MR) is 65.3 cm³/mol. The van der Waals surface area contributed by atoms with E-state index in [9.17, 15) is 18.0 Å². The SMILES string of the molecule is NC1CCN(C(=O)C2CCC(C(F)(F)F)CC2)CC1. The molecule has 3 nitrogen and oxygen atoms in total. The number of rotatable bonds is 1. The van der Waals surface area contributed by atoms with E-state index in [1.54, 1.807) is 4.90 Å². The lowest BCUT2D eigenvalue weighted by molar-refractivity contribution is -0.185. The zero-order valence-electron chi connectivity index (χ0n) is 11.0. The largest absolute Gasteiger partial charge is 0.391 e. The van der Waals surface area contributed by atoms with Crippen molar-refractivity contribution < 1.29 is 18.0 Å². The van der Waals surface area contributed by atoms with Gasteiger partial charge < -0.3 is 10.6 Å². The third-order valence-corrected chi connectivity index (χ3v) is 4.39. The molecule has 110 valence electrons. The maximum absolute atomic E-state index is 12.6. The molecule has 0 aromatic carbocycles. The molecule has 0 unspecified atom stereocenters. The van der Waals surface area contributed by atoms with Gasteiger partial charge in [0.15, 0.2) is 0 Å². The molecule has 0 radical (unpaired) electrons. The standard InChI is InChI=1S/C13H21F3N2O/c14-13(15,16)10-3-1-9(2-4-10)12(19)18-7-5-11(17)6-8-18/h9-11H,1-8,17H2. The molecule has 0 aromatic heterocycles. The Balaban J connectivity index is 1.82. The summed E-state index contributed by atoms with van der Waals surface area (Å²) in [7, 11) is 0. The van der Waals surface area contributed by atoms with E-state index in [0.29, 0.717) is 25.9 Å². The minimum atomic E-state index is -4.11. The number of nitrogens with two attached hydrogens (primary N) is 1. The van der Waals surface area contributed by atoms with Crippen molar-refractivity contribution in [2.24, 2.45) is 17.6 Å². The van der Waals surface area contributed by atoms with Crippen LogP contribution in [-0.2, 0) is 4.79 Å². The van der Waals surface area contributed by atoms with E-state index in [1.807, 2.05) is 0 Å². The van der Waals surface area contributed by atoms with E-state index in [4.69, 9.17) is 5.73 Å². The topological polar surface area (TPSA) is 46.3 Å². The molecule has 1 saturated carbocycles. The van der Waals surface area contributed by atoms with E-state index >= 15 is 0 Å². The summed E-state index contributed by atoms with van der Waals surface area (Å²) >= 11 is 0. The molecule has 6 heteroatoms. The van der Waals surface area contributed by atoms with Gasteiger partial charge in [-0.3, -0.25) is 4.79 Å². The maximum Gasteiger partial charge on any atom is 0.391 e. The molecule has 1 aliphatic heterocycles. The summed E-state index contributed by atoms with van der Waals surface area (Å²) in [4.78, 5) is 14.0. The van der Waals surface area contributed by atoms with Gasteiger partial charge in [-0.15, -0.1) is 0 Å². The van der Waals surface area contributed by atoms with Crippen molar-refractivity contribution in [2.75, 3.05) is 13.1 Å². The van der Waals surface area contributed by atoms with Crippen molar-refractivity contribution in [3.8, 4) is 0 Å². The van der Waals surface area contributed by atoms with Crippen molar-refractivity contribution in [3.63, 3.8) is 0 Å². The number of hydrogen-bond donors (Lipinski definition) is 1. The monoisotopic (exact) mass is 278 g/mol. The van der Waals surface area contributed by atoms with E-state index in [1.165, 1.54) is 0 Å². The lowest BCUT2D eigenvalue weighted by atomic mass is 9.81. The van der Waals surface area contributed by atoms with E-state index in [2.05, 4.69) is 0 Å². The Morgan fingerprint density at radius 3 is 2.00 bits per heavy atom. The summed E-state index contributed by atoms with van der Waals surface area (Å²) in [5.41, 5.74) is 5.78. The van der Waals surface area contributed by atoms with Gasteiger partial charge in [-0.25, -0.2) is 0 Å². The predicted octanol–water partition coefficient (Wildman–Crippen LogP) is 2.30. The first-order chi connectivity index (χ1) is 8.88. The minimum Gasteiger partial charge on any atom is -0.342 e. The summed E-state index contributed by atoms with van der Waals surface area (Å²) < 4.78 is 37.7. The molecule has 1 aliphatic carbocycles. The highest BCUT2D eigenvalue weighted by molar-refractivity contribution is 5.79. The lowest BCUT2D eigenvalue weighted by Gasteiger charge is -2.35. The van der Waals surface area contributed by atoms with Gasteiger partial charge in [0.2, 0.25) is 5.91 Å².